The Kier molecular flexibility index (Phi) is 3.97. The number of nitrogens with two attached hydrogens (primary N) is 1. The molecule has 2 rings (SSSR count). The Hall–Kier alpha value is -2.44. The number of pyridine rings is 1. The van der Waals surface area contributed by atoms with Crippen molar-refractivity contribution in [2.75, 3.05) is 24.7 Å². The van der Waals surface area contributed by atoms with Gasteiger partial charge in [0, 0.05) is 25.9 Å². The Bertz CT molecular complexity index is 599. The molecule has 2 heterocycles. The molecule has 7 heteroatoms. The molecule has 0 unspecified atom stereocenters. The van der Waals surface area contributed by atoms with E-state index in [0.29, 0.717) is 17.5 Å². The molecule has 0 fully saturated rings. The van der Waals surface area contributed by atoms with E-state index in [2.05, 4.69) is 19.9 Å². The molecule has 0 atom stereocenters. The quantitative estimate of drug-likeness (QED) is 0.900. The fourth-order valence-corrected chi connectivity index (χ4v) is 1.59. The zero-order valence-electron chi connectivity index (χ0n) is 12.0. The zero-order chi connectivity index (χ0) is 14.7. The van der Waals surface area contributed by atoms with Crippen molar-refractivity contribution in [2.24, 2.45) is 0 Å². The van der Waals surface area contributed by atoms with Gasteiger partial charge in [0.15, 0.2) is 5.82 Å². The van der Waals surface area contributed by atoms with E-state index >= 15 is 0 Å². The van der Waals surface area contributed by atoms with E-state index < -0.39 is 0 Å². The molecular formula is C13H18N6O. The number of hydrogen-bond acceptors (Lipinski definition) is 7. The molecule has 0 aliphatic rings. The van der Waals surface area contributed by atoms with Crippen molar-refractivity contribution >= 4 is 11.9 Å². The lowest BCUT2D eigenvalue weighted by Gasteiger charge is -2.12. The van der Waals surface area contributed by atoms with E-state index in [9.17, 15) is 0 Å². The summed E-state index contributed by atoms with van der Waals surface area (Å²) in [6.07, 6.45) is 3.40. The first kappa shape index (κ1) is 14.0. The van der Waals surface area contributed by atoms with E-state index in [-0.39, 0.29) is 12.1 Å². The molecule has 106 valence electrons. The highest BCUT2D eigenvalue weighted by Crippen LogP contribution is 2.21. The summed E-state index contributed by atoms with van der Waals surface area (Å²) in [6.45, 7) is 3.91. The van der Waals surface area contributed by atoms with Crippen LogP contribution in [-0.4, -0.2) is 40.1 Å². The van der Waals surface area contributed by atoms with E-state index in [0.717, 1.165) is 5.56 Å². The van der Waals surface area contributed by atoms with Crippen LogP contribution in [0.4, 0.5) is 11.9 Å². The van der Waals surface area contributed by atoms with E-state index in [1.165, 1.54) is 0 Å². The maximum Gasteiger partial charge on any atom is 0.230 e. The standard InChI is InChI=1S/C13H18N6O/c1-8(2)20-10-5-9(6-15-7-10)11-16-12(14)18-13(17-11)19(3)4/h5-8H,1-4H3,(H2,14,16,17,18). The van der Waals surface area contributed by atoms with Gasteiger partial charge in [-0.1, -0.05) is 0 Å². The first-order chi connectivity index (χ1) is 9.45. The lowest BCUT2D eigenvalue weighted by Crippen LogP contribution is -2.15. The molecule has 2 aromatic heterocycles. The summed E-state index contributed by atoms with van der Waals surface area (Å²) in [5.41, 5.74) is 6.45. The molecule has 0 saturated heterocycles. The molecule has 0 spiro atoms. The molecule has 2 N–H and O–H groups in total. The molecule has 7 nitrogen and oxygen atoms in total. The van der Waals surface area contributed by atoms with Crippen LogP contribution in [0.1, 0.15) is 13.8 Å². The van der Waals surface area contributed by atoms with Crippen LogP contribution in [0.3, 0.4) is 0 Å². The summed E-state index contributed by atoms with van der Waals surface area (Å²) in [5.74, 6) is 1.82. The van der Waals surface area contributed by atoms with E-state index in [1.54, 1.807) is 17.3 Å². The van der Waals surface area contributed by atoms with Gasteiger partial charge in [-0.25, -0.2) is 0 Å². The second-order valence-electron chi connectivity index (χ2n) is 4.79. The summed E-state index contributed by atoms with van der Waals surface area (Å²) in [5, 5.41) is 0. The van der Waals surface area contributed by atoms with Gasteiger partial charge < -0.3 is 15.4 Å². The molecule has 0 amide bonds. The summed E-state index contributed by atoms with van der Waals surface area (Å²) < 4.78 is 5.61. The van der Waals surface area contributed by atoms with Crippen molar-refractivity contribution in [1.82, 2.24) is 19.9 Å². The molecular weight excluding hydrogens is 256 g/mol. The van der Waals surface area contributed by atoms with Crippen LogP contribution in [0.15, 0.2) is 18.5 Å². The van der Waals surface area contributed by atoms with Gasteiger partial charge >= 0.3 is 0 Å². The van der Waals surface area contributed by atoms with Gasteiger partial charge in [-0.2, -0.15) is 15.0 Å². The third-order valence-corrected chi connectivity index (χ3v) is 2.38. The van der Waals surface area contributed by atoms with Crippen molar-refractivity contribution < 1.29 is 4.74 Å². The van der Waals surface area contributed by atoms with Crippen LogP contribution in [0.5, 0.6) is 5.75 Å². The number of hydrogen-bond donors (Lipinski definition) is 1. The molecule has 2 aromatic rings. The van der Waals surface area contributed by atoms with Gasteiger partial charge in [0.25, 0.3) is 0 Å². The second-order valence-corrected chi connectivity index (χ2v) is 4.79. The van der Waals surface area contributed by atoms with Gasteiger partial charge in [-0.15, -0.1) is 0 Å². The SMILES string of the molecule is CC(C)Oc1cncc(-c2nc(N)nc(N(C)C)n2)c1. The van der Waals surface area contributed by atoms with Crippen molar-refractivity contribution in [2.45, 2.75) is 20.0 Å². The average Bonchev–Trinajstić information content (AvgIpc) is 2.37. The Labute approximate surface area is 117 Å². The van der Waals surface area contributed by atoms with Crippen LogP contribution < -0.4 is 15.4 Å². The molecule has 0 aliphatic carbocycles. The van der Waals surface area contributed by atoms with Crippen LogP contribution in [0.25, 0.3) is 11.4 Å². The molecule has 0 bridgehead atoms. The van der Waals surface area contributed by atoms with E-state index in [1.807, 2.05) is 34.0 Å². The predicted octanol–water partition coefficient (Wildman–Crippen LogP) is 1.37. The highest BCUT2D eigenvalue weighted by atomic mass is 16.5. The lowest BCUT2D eigenvalue weighted by molar-refractivity contribution is 0.241. The summed E-state index contributed by atoms with van der Waals surface area (Å²) in [7, 11) is 3.68. The zero-order valence-corrected chi connectivity index (χ0v) is 12.0. The highest BCUT2D eigenvalue weighted by Gasteiger charge is 2.10. The normalized spacial score (nSPS) is 10.7. The topological polar surface area (TPSA) is 90.0 Å². The summed E-state index contributed by atoms with van der Waals surface area (Å²) in [6, 6.07) is 1.83. The van der Waals surface area contributed by atoms with Gasteiger partial charge in [-0.05, 0) is 19.9 Å². The third-order valence-electron chi connectivity index (χ3n) is 2.38. The minimum Gasteiger partial charge on any atom is -0.489 e. The molecule has 20 heavy (non-hydrogen) atoms. The van der Waals surface area contributed by atoms with Gasteiger partial charge in [0.1, 0.15) is 5.75 Å². The van der Waals surface area contributed by atoms with Crippen LogP contribution in [0.2, 0.25) is 0 Å². The lowest BCUT2D eigenvalue weighted by atomic mass is 10.2. The van der Waals surface area contributed by atoms with Crippen molar-refractivity contribution in [1.29, 1.82) is 0 Å². The minimum atomic E-state index is 0.0767. The summed E-state index contributed by atoms with van der Waals surface area (Å²) in [4.78, 5) is 18.5. The minimum absolute atomic E-state index is 0.0767. The fraction of sp³-hybridized carbons (Fsp3) is 0.385. The largest absolute Gasteiger partial charge is 0.489 e. The molecule has 0 aliphatic heterocycles. The number of nitrogens with zero attached hydrogens (tertiary/aromatic N) is 5. The van der Waals surface area contributed by atoms with Crippen molar-refractivity contribution in [3.63, 3.8) is 0 Å². The maximum absolute atomic E-state index is 5.71. The van der Waals surface area contributed by atoms with E-state index in [4.69, 9.17) is 10.5 Å². The number of nitrogen functional groups attached to an aromatic ring is 1. The van der Waals surface area contributed by atoms with Crippen molar-refractivity contribution in [3.8, 4) is 17.1 Å². The highest BCUT2D eigenvalue weighted by molar-refractivity contribution is 5.58. The Morgan fingerprint density at radius 2 is 1.90 bits per heavy atom. The van der Waals surface area contributed by atoms with Gasteiger partial charge in [0.2, 0.25) is 11.9 Å². The maximum atomic E-state index is 5.71. The fourth-order valence-electron chi connectivity index (χ4n) is 1.59. The second kappa shape index (κ2) is 5.68. The van der Waals surface area contributed by atoms with Crippen LogP contribution in [0, 0.1) is 0 Å². The number of ether oxygens (including phenoxy) is 1. The van der Waals surface area contributed by atoms with Gasteiger partial charge in [0.05, 0.1) is 12.3 Å². The first-order valence-electron chi connectivity index (χ1n) is 6.26. The third kappa shape index (κ3) is 3.31. The smallest absolute Gasteiger partial charge is 0.230 e. The predicted molar refractivity (Wildman–Crippen MR) is 77.6 cm³/mol. The summed E-state index contributed by atoms with van der Waals surface area (Å²) >= 11 is 0. The van der Waals surface area contributed by atoms with Crippen LogP contribution in [-0.2, 0) is 0 Å². The monoisotopic (exact) mass is 274 g/mol. The number of rotatable bonds is 4. The van der Waals surface area contributed by atoms with Crippen LogP contribution >= 0.6 is 0 Å². The van der Waals surface area contributed by atoms with Crippen molar-refractivity contribution in [3.05, 3.63) is 18.5 Å². The molecule has 0 saturated carbocycles. The molecule has 0 aromatic carbocycles. The number of anilines is 2. The first-order valence-corrected chi connectivity index (χ1v) is 6.26. The number of aromatic nitrogens is 4. The van der Waals surface area contributed by atoms with Gasteiger partial charge in [-0.3, -0.25) is 4.98 Å². The Morgan fingerprint density at radius 1 is 1.15 bits per heavy atom. The molecule has 0 radical (unpaired) electrons. The average molecular weight is 274 g/mol. The Balaban J connectivity index is 2.40. The Morgan fingerprint density at radius 3 is 2.55 bits per heavy atom.